The van der Waals surface area contributed by atoms with Crippen molar-refractivity contribution in [3.63, 3.8) is 0 Å². The smallest absolute Gasteiger partial charge is 0.228 e. The molecule has 1 aromatic heterocycles. The molecule has 24 heavy (non-hydrogen) atoms. The van der Waals surface area contributed by atoms with Crippen LogP contribution in [-0.4, -0.2) is 15.7 Å². The number of benzene rings is 1. The number of carbonyl (C=O) groups excluding carboxylic acids is 1. The summed E-state index contributed by atoms with van der Waals surface area (Å²) in [6, 6.07) is 6.51. The number of carbonyl (C=O) groups is 1. The molecule has 0 aliphatic heterocycles. The van der Waals surface area contributed by atoms with Gasteiger partial charge in [-0.1, -0.05) is 56.5 Å². The number of amides is 1. The molecule has 0 bridgehead atoms. The predicted molar refractivity (Wildman–Crippen MR) is 94.7 cm³/mol. The van der Waals surface area contributed by atoms with Crippen molar-refractivity contribution < 1.29 is 9.18 Å². The van der Waals surface area contributed by atoms with Crippen molar-refractivity contribution >= 4 is 23.3 Å². The van der Waals surface area contributed by atoms with Gasteiger partial charge in [0.1, 0.15) is 10.8 Å². The van der Waals surface area contributed by atoms with Crippen molar-refractivity contribution in [2.45, 2.75) is 46.1 Å². The Morgan fingerprint density at radius 3 is 2.79 bits per heavy atom. The quantitative estimate of drug-likeness (QED) is 0.736. The van der Waals surface area contributed by atoms with Crippen LogP contribution in [0.4, 0.5) is 10.2 Å². The Labute approximate surface area is 147 Å². The Hall–Kier alpha value is -1.88. The molecule has 0 aliphatic rings. The second kappa shape index (κ2) is 8.83. The lowest BCUT2D eigenvalue weighted by Gasteiger charge is -2.13. The predicted octanol–water partition coefficient (Wildman–Crippen LogP) is 4.88. The third kappa shape index (κ3) is 4.81. The number of halogens is 2. The van der Waals surface area contributed by atoms with E-state index in [2.05, 4.69) is 17.3 Å². The number of rotatable bonds is 8. The zero-order chi connectivity index (χ0) is 17.5. The maximum Gasteiger partial charge on any atom is 0.228 e. The molecule has 1 unspecified atom stereocenters. The van der Waals surface area contributed by atoms with Gasteiger partial charge in [-0.2, -0.15) is 5.10 Å². The first-order chi connectivity index (χ1) is 11.5. The minimum atomic E-state index is -0.291. The van der Waals surface area contributed by atoms with Crippen LogP contribution >= 0.6 is 11.6 Å². The van der Waals surface area contributed by atoms with Crippen LogP contribution < -0.4 is 5.32 Å². The van der Waals surface area contributed by atoms with E-state index in [1.54, 1.807) is 24.4 Å². The normalized spacial score (nSPS) is 12.2. The average Bonchev–Trinajstić information content (AvgIpc) is 2.90. The summed E-state index contributed by atoms with van der Waals surface area (Å²) in [6.07, 6.45) is 5.30. The highest BCUT2D eigenvalue weighted by Gasteiger charge is 2.19. The van der Waals surface area contributed by atoms with Crippen LogP contribution in [0.15, 0.2) is 30.5 Å². The van der Waals surface area contributed by atoms with Gasteiger partial charge < -0.3 is 5.32 Å². The molecule has 0 saturated heterocycles. The van der Waals surface area contributed by atoms with E-state index in [9.17, 15) is 9.18 Å². The van der Waals surface area contributed by atoms with Crippen molar-refractivity contribution in [3.8, 4) is 0 Å². The second-order valence-electron chi connectivity index (χ2n) is 5.85. The van der Waals surface area contributed by atoms with Gasteiger partial charge in [0.2, 0.25) is 5.91 Å². The Bertz CT molecular complexity index is 687. The highest BCUT2D eigenvalue weighted by Crippen LogP contribution is 2.22. The third-order valence-corrected chi connectivity index (χ3v) is 4.30. The number of anilines is 1. The van der Waals surface area contributed by atoms with Crippen LogP contribution in [0.25, 0.3) is 0 Å². The largest absolute Gasteiger partial charge is 0.308 e. The molecule has 0 saturated carbocycles. The fourth-order valence-electron chi connectivity index (χ4n) is 2.55. The van der Waals surface area contributed by atoms with Gasteiger partial charge in [0, 0.05) is 17.7 Å². The summed E-state index contributed by atoms with van der Waals surface area (Å²) in [4.78, 5) is 12.3. The minimum Gasteiger partial charge on any atom is -0.308 e. The van der Waals surface area contributed by atoms with Crippen LogP contribution in [0.1, 0.15) is 45.1 Å². The summed E-state index contributed by atoms with van der Waals surface area (Å²) in [6.45, 7) is 4.36. The van der Waals surface area contributed by atoms with E-state index in [1.165, 1.54) is 10.7 Å². The fourth-order valence-corrected chi connectivity index (χ4v) is 2.75. The highest BCUT2D eigenvalue weighted by atomic mass is 35.5. The lowest BCUT2D eigenvalue weighted by atomic mass is 9.98. The van der Waals surface area contributed by atoms with E-state index >= 15 is 0 Å². The number of hydrogen-bond acceptors (Lipinski definition) is 2. The van der Waals surface area contributed by atoms with Crippen molar-refractivity contribution in [2.75, 3.05) is 5.32 Å². The molecule has 1 heterocycles. The molecule has 2 aromatic rings. The standard InChI is InChI=1S/C18H23ClFN3O/c1-3-5-8-13(4-2)18(24)21-17-15(19)12-23(22-17)11-14-9-6-7-10-16(14)20/h6-7,9-10,12-13H,3-5,8,11H2,1-2H3,(H,21,22,24). The van der Waals surface area contributed by atoms with E-state index in [4.69, 9.17) is 11.6 Å². The monoisotopic (exact) mass is 351 g/mol. The SMILES string of the molecule is CCCCC(CC)C(=O)Nc1nn(Cc2ccccc2F)cc1Cl. The van der Waals surface area contributed by atoms with E-state index in [-0.39, 0.29) is 24.2 Å². The Balaban J connectivity index is 2.06. The summed E-state index contributed by atoms with van der Waals surface area (Å²) >= 11 is 6.16. The second-order valence-corrected chi connectivity index (χ2v) is 6.26. The van der Waals surface area contributed by atoms with Gasteiger partial charge >= 0.3 is 0 Å². The van der Waals surface area contributed by atoms with Gasteiger partial charge in [-0.15, -0.1) is 0 Å². The summed E-state index contributed by atoms with van der Waals surface area (Å²) in [7, 11) is 0. The molecule has 0 fully saturated rings. The van der Waals surface area contributed by atoms with Crippen molar-refractivity contribution in [1.82, 2.24) is 9.78 Å². The maximum atomic E-state index is 13.7. The van der Waals surface area contributed by atoms with Gasteiger partial charge in [0.05, 0.1) is 6.54 Å². The highest BCUT2D eigenvalue weighted by molar-refractivity contribution is 6.33. The maximum absolute atomic E-state index is 13.7. The number of nitrogens with one attached hydrogen (secondary N) is 1. The molecule has 0 aliphatic carbocycles. The van der Waals surface area contributed by atoms with Gasteiger partial charge in [-0.3, -0.25) is 9.48 Å². The van der Waals surface area contributed by atoms with Crippen LogP contribution in [0.5, 0.6) is 0 Å². The minimum absolute atomic E-state index is 0.0438. The lowest BCUT2D eigenvalue weighted by Crippen LogP contribution is -2.22. The summed E-state index contributed by atoms with van der Waals surface area (Å²) in [5, 5.41) is 7.42. The van der Waals surface area contributed by atoms with Gasteiger partial charge in [-0.05, 0) is 18.9 Å². The van der Waals surface area contributed by atoms with Crippen molar-refractivity contribution in [2.24, 2.45) is 5.92 Å². The van der Waals surface area contributed by atoms with Crippen LogP contribution in [0.3, 0.4) is 0 Å². The number of hydrogen-bond donors (Lipinski definition) is 1. The molecule has 1 N–H and O–H groups in total. The Morgan fingerprint density at radius 1 is 1.38 bits per heavy atom. The number of aromatic nitrogens is 2. The molecule has 2 rings (SSSR count). The summed E-state index contributed by atoms with van der Waals surface area (Å²) < 4.78 is 15.2. The molecule has 6 heteroatoms. The zero-order valence-electron chi connectivity index (χ0n) is 14.1. The molecular formula is C18H23ClFN3O. The molecule has 130 valence electrons. The molecule has 1 atom stereocenters. The summed E-state index contributed by atoms with van der Waals surface area (Å²) in [5.41, 5.74) is 0.518. The third-order valence-electron chi connectivity index (χ3n) is 4.02. The van der Waals surface area contributed by atoms with Crippen LogP contribution in [-0.2, 0) is 11.3 Å². The van der Waals surface area contributed by atoms with Crippen LogP contribution in [0.2, 0.25) is 5.02 Å². The molecule has 0 spiro atoms. The number of unbranched alkanes of at least 4 members (excludes halogenated alkanes) is 1. The van der Waals surface area contributed by atoms with Gasteiger partial charge in [0.15, 0.2) is 5.82 Å². The first-order valence-corrected chi connectivity index (χ1v) is 8.70. The van der Waals surface area contributed by atoms with E-state index < -0.39 is 0 Å². The fraction of sp³-hybridized carbons (Fsp3) is 0.444. The van der Waals surface area contributed by atoms with Gasteiger partial charge in [0.25, 0.3) is 0 Å². The Morgan fingerprint density at radius 2 is 2.12 bits per heavy atom. The van der Waals surface area contributed by atoms with E-state index in [1.807, 2.05) is 6.92 Å². The molecule has 4 nitrogen and oxygen atoms in total. The van der Waals surface area contributed by atoms with E-state index in [0.29, 0.717) is 16.4 Å². The average molecular weight is 352 g/mol. The Kier molecular flexibility index (Phi) is 6.79. The molecule has 1 aromatic carbocycles. The van der Waals surface area contributed by atoms with Crippen LogP contribution in [0, 0.1) is 11.7 Å². The molecular weight excluding hydrogens is 329 g/mol. The molecule has 0 radical (unpaired) electrons. The first kappa shape index (κ1) is 18.5. The first-order valence-electron chi connectivity index (χ1n) is 8.32. The lowest BCUT2D eigenvalue weighted by molar-refractivity contribution is -0.120. The van der Waals surface area contributed by atoms with Crippen molar-refractivity contribution in [3.05, 3.63) is 46.9 Å². The van der Waals surface area contributed by atoms with E-state index in [0.717, 1.165) is 25.7 Å². The van der Waals surface area contributed by atoms with Gasteiger partial charge in [-0.25, -0.2) is 4.39 Å². The number of nitrogens with zero attached hydrogens (tertiary/aromatic N) is 2. The molecule has 1 amide bonds. The summed E-state index contributed by atoms with van der Waals surface area (Å²) in [5.74, 6) is -0.0741. The topological polar surface area (TPSA) is 46.9 Å². The van der Waals surface area contributed by atoms with Crippen molar-refractivity contribution in [1.29, 1.82) is 0 Å². The zero-order valence-corrected chi connectivity index (χ0v) is 14.8.